The first-order chi connectivity index (χ1) is 16.1. The highest BCUT2D eigenvalue weighted by atomic mass is 16.3. The van der Waals surface area contributed by atoms with Gasteiger partial charge < -0.3 is 32.1 Å². The molecule has 2 aromatic rings. The maximum absolute atomic E-state index is 13.0. The van der Waals surface area contributed by atoms with Gasteiger partial charge in [0.05, 0.1) is 12.6 Å². The summed E-state index contributed by atoms with van der Waals surface area (Å²) in [6, 6.07) is 10.9. The molecule has 7 N–H and O–H groups in total. The predicted molar refractivity (Wildman–Crippen MR) is 124 cm³/mol. The minimum atomic E-state index is -0.950. The van der Waals surface area contributed by atoms with Crippen LogP contribution >= 0.6 is 0 Å². The number of benzene rings is 2. The molecular formula is C24H29N5O5. The van der Waals surface area contributed by atoms with E-state index in [1.807, 2.05) is 24.3 Å². The average molecular weight is 468 g/mol. The van der Waals surface area contributed by atoms with Crippen LogP contribution in [0.3, 0.4) is 0 Å². The normalized spacial score (nSPS) is 17.2. The molecule has 0 fully saturated rings. The first-order valence-corrected chi connectivity index (χ1v) is 10.9. The molecular weight excluding hydrogens is 438 g/mol. The van der Waals surface area contributed by atoms with Gasteiger partial charge in [0.15, 0.2) is 0 Å². The minimum absolute atomic E-state index is 0.108. The van der Waals surface area contributed by atoms with Crippen molar-refractivity contribution >= 4 is 23.6 Å². The Morgan fingerprint density at radius 1 is 1.09 bits per heavy atom. The molecule has 1 aliphatic heterocycles. The van der Waals surface area contributed by atoms with E-state index >= 15 is 0 Å². The van der Waals surface area contributed by atoms with Gasteiger partial charge in [0.25, 0.3) is 0 Å². The maximum atomic E-state index is 13.0. The van der Waals surface area contributed by atoms with E-state index in [1.165, 1.54) is 24.0 Å². The topological polar surface area (TPSA) is 168 Å². The molecule has 0 spiro atoms. The highest BCUT2D eigenvalue weighted by molar-refractivity contribution is 5.94. The van der Waals surface area contributed by atoms with Gasteiger partial charge in [-0.25, -0.2) is 0 Å². The zero-order valence-electron chi connectivity index (χ0n) is 18.9. The third-order valence-electron chi connectivity index (χ3n) is 5.66. The molecule has 10 nitrogen and oxygen atoms in total. The standard InChI is InChI=1S/C24H29N5O5/c1-14(27-23(33)19(25)10-15-6-8-18(30)9-7-15)22(32)28-20-11-16-4-2-3-5-17(16)12-29(24(20)34)13-21(26)31/h2-9,14,19-20,30H,10-13,25H2,1H3,(H2,26,31)(H,27,33)(H,28,32)/t14-,19+,20+/m1/s1. The van der Waals surface area contributed by atoms with Crippen molar-refractivity contribution in [2.24, 2.45) is 11.5 Å². The number of carbonyl (C=O) groups excluding carboxylic acids is 4. The molecule has 0 aliphatic carbocycles. The van der Waals surface area contributed by atoms with E-state index in [9.17, 15) is 24.3 Å². The van der Waals surface area contributed by atoms with E-state index in [0.29, 0.717) is 0 Å². The van der Waals surface area contributed by atoms with Crippen LogP contribution in [0.2, 0.25) is 0 Å². The summed E-state index contributed by atoms with van der Waals surface area (Å²) >= 11 is 0. The number of phenolic OH excluding ortho intramolecular Hbond substituents is 1. The fourth-order valence-corrected chi connectivity index (χ4v) is 3.82. The summed E-state index contributed by atoms with van der Waals surface area (Å²) in [5.41, 5.74) is 13.8. The van der Waals surface area contributed by atoms with Crippen molar-refractivity contribution in [3.05, 3.63) is 65.2 Å². The number of nitrogens with zero attached hydrogens (tertiary/aromatic N) is 1. The average Bonchev–Trinajstić information content (AvgIpc) is 2.91. The Hall–Kier alpha value is -3.92. The molecule has 1 aliphatic rings. The number of nitrogens with two attached hydrogens (primary N) is 2. The number of carbonyl (C=O) groups is 4. The monoisotopic (exact) mass is 467 g/mol. The van der Waals surface area contributed by atoms with E-state index in [0.717, 1.165) is 16.7 Å². The summed E-state index contributed by atoms with van der Waals surface area (Å²) in [6.07, 6.45) is 0.470. The second kappa shape index (κ2) is 10.8. The van der Waals surface area contributed by atoms with Crippen molar-refractivity contribution in [1.29, 1.82) is 0 Å². The summed E-state index contributed by atoms with van der Waals surface area (Å²) in [4.78, 5) is 51.1. The number of aromatic hydroxyl groups is 1. The third kappa shape index (κ3) is 6.32. The van der Waals surface area contributed by atoms with Gasteiger partial charge in [0, 0.05) is 13.0 Å². The van der Waals surface area contributed by atoms with Crippen LogP contribution in [-0.4, -0.2) is 58.3 Å². The number of amides is 4. The quantitative estimate of drug-likeness (QED) is 0.345. The summed E-state index contributed by atoms with van der Waals surface area (Å²) in [5.74, 6) is -2.05. The lowest BCUT2D eigenvalue weighted by Gasteiger charge is -2.25. The molecule has 0 saturated carbocycles. The summed E-state index contributed by atoms with van der Waals surface area (Å²) < 4.78 is 0. The van der Waals surface area contributed by atoms with Crippen molar-refractivity contribution in [1.82, 2.24) is 15.5 Å². The zero-order chi connectivity index (χ0) is 24.8. The van der Waals surface area contributed by atoms with Gasteiger partial charge in [-0.15, -0.1) is 0 Å². The van der Waals surface area contributed by atoms with Crippen LogP contribution in [0.5, 0.6) is 5.75 Å². The molecule has 4 amide bonds. The number of phenols is 1. The highest BCUT2D eigenvalue weighted by Gasteiger charge is 2.32. The molecule has 0 bridgehead atoms. The van der Waals surface area contributed by atoms with Crippen LogP contribution in [0.15, 0.2) is 48.5 Å². The van der Waals surface area contributed by atoms with Gasteiger partial charge in [0.2, 0.25) is 23.6 Å². The first-order valence-electron chi connectivity index (χ1n) is 10.9. The molecule has 34 heavy (non-hydrogen) atoms. The second-order valence-corrected chi connectivity index (χ2v) is 8.40. The van der Waals surface area contributed by atoms with E-state index in [1.54, 1.807) is 12.1 Å². The van der Waals surface area contributed by atoms with Gasteiger partial charge in [0.1, 0.15) is 17.8 Å². The van der Waals surface area contributed by atoms with Gasteiger partial charge in [-0.2, -0.15) is 0 Å². The largest absolute Gasteiger partial charge is 0.508 e. The number of nitrogens with one attached hydrogen (secondary N) is 2. The van der Waals surface area contributed by atoms with Crippen LogP contribution in [0.4, 0.5) is 0 Å². The van der Waals surface area contributed by atoms with Crippen LogP contribution in [0.25, 0.3) is 0 Å². The number of fused-ring (bicyclic) bond motifs is 1. The lowest BCUT2D eigenvalue weighted by atomic mass is 10.0. The van der Waals surface area contributed by atoms with Gasteiger partial charge in [-0.05, 0) is 42.2 Å². The Bertz CT molecular complexity index is 1070. The van der Waals surface area contributed by atoms with Crippen molar-refractivity contribution in [2.75, 3.05) is 6.54 Å². The molecule has 0 aromatic heterocycles. The Kier molecular flexibility index (Phi) is 7.85. The molecule has 3 atom stereocenters. The van der Waals surface area contributed by atoms with E-state index < -0.39 is 41.8 Å². The Morgan fingerprint density at radius 3 is 2.38 bits per heavy atom. The Balaban J connectivity index is 1.64. The maximum Gasteiger partial charge on any atom is 0.246 e. The molecule has 1 heterocycles. The van der Waals surface area contributed by atoms with Crippen LogP contribution in [-0.2, 0) is 38.6 Å². The van der Waals surface area contributed by atoms with E-state index in [4.69, 9.17) is 11.5 Å². The van der Waals surface area contributed by atoms with Gasteiger partial charge in [-0.1, -0.05) is 36.4 Å². The van der Waals surface area contributed by atoms with Gasteiger partial charge in [-0.3, -0.25) is 19.2 Å². The molecule has 0 unspecified atom stereocenters. The molecule has 0 radical (unpaired) electrons. The lowest BCUT2D eigenvalue weighted by Crippen LogP contribution is -2.56. The van der Waals surface area contributed by atoms with Crippen molar-refractivity contribution < 1.29 is 24.3 Å². The van der Waals surface area contributed by atoms with Gasteiger partial charge >= 0.3 is 0 Å². The SMILES string of the molecule is C[C@@H](NC(=O)[C@@H](N)Cc1ccc(O)cc1)C(=O)N[C@H]1Cc2ccccc2CN(CC(N)=O)C1=O. The molecule has 180 valence electrons. The third-order valence-corrected chi connectivity index (χ3v) is 5.66. The number of primary amides is 1. The minimum Gasteiger partial charge on any atom is -0.508 e. The fraction of sp³-hybridized carbons (Fsp3) is 0.333. The van der Waals surface area contributed by atoms with Crippen LogP contribution in [0.1, 0.15) is 23.6 Å². The summed E-state index contributed by atoms with van der Waals surface area (Å²) in [5, 5.41) is 14.6. The van der Waals surface area contributed by atoms with Crippen molar-refractivity contribution in [3.63, 3.8) is 0 Å². The van der Waals surface area contributed by atoms with Crippen molar-refractivity contribution in [2.45, 2.75) is 44.4 Å². The number of hydrogen-bond acceptors (Lipinski definition) is 6. The number of hydrogen-bond donors (Lipinski definition) is 5. The predicted octanol–water partition coefficient (Wildman–Crippen LogP) is -0.678. The highest BCUT2D eigenvalue weighted by Crippen LogP contribution is 2.19. The van der Waals surface area contributed by atoms with E-state index in [2.05, 4.69) is 10.6 Å². The fourth-order valence-electron chi connectivity index (χ4n) is 3.82. The molecule has 10 heteroatoms. The smallest absolute Gasteiger partial charge is 0.246 e. The Labute approximate surface area is 197 Å². The number of rotatable bonds is 8. The van der Waals surface area contributed by atoms with Crippen LogP contribution < -0.4 is 22.1 Å². The van der Waals surface area contributed by atoms with E-state index in [-0.39, 0.29) is 31.7 Å². The summed E-state index contributed by atoms with van der Waals surface area (Å²) in [7, 11) is 0. The molecule has 3 rings (SSSR count). The Morgan fingerprint density at radius 2 is 1.74 bits per heavy atom. The van der Waals surface area contributed by atoms with Crippen molar-refractivity contribution in [3.8, 4) is 5.75 Å². The lowest BCUT2D eigenvalue weighted by molar-refractivity contribution is -0.139. The zero-order valence-corrected chi connectivity index (χ0v) is 18.9. The second-order valence-electron chi connectivity index (χ2n) is 8.40. The summed E-state index contributed by atoms with van der Waals surface area (Å²) in [6.45, 7) is 1.44. The van der Waals surface area contributed by atoms with Crippen LogP contribution in [0, 0.1) is 0 Å². The first kappa shape index (κ1) is 24.7. The molecule has 2 aromatic carbocycles. The molecule has 0 saturated heterocycles.